The number of aromatic hydroxyl groups is 1. The first-order valence-electron chi connectivity index (χ1n) is 5.52. The summed E-state index contributed by atoms with van der Waals surface area (Å²) in [7, 11) is 1.44. The number of benzene rings is 1. The number of rotatable bonds is 6. The molecule has 0 heterocycles. The maximum absolute atomic E-state index is 12.2. The molecule has 96 valence electrons. The molecule has 0 saturated carbocycles. The second-order valence-electron chi connectivity index (χ2n) is 3.67. The molecule has 1 aromatic rings. The highest BCUT2D eigenvalue weighted by Gasteiger charge is 2.15. The maximum atomic E-state index is 12.2. The van der Waals surface area contributed by atoms with E-state index in [2.05, 4.69) is 13.2 Å². The zero-order valence-electron chi connectivity index (χ0n) is 10.4. The molecule has 0 radical (unpaired) electrons. The van der Waals surface area contributed by atoms with Crippen molar-refractivity contribution in [2.75, 3.05) is 20.2 Å². The minimum atomic E-state index is -0.159. The number of carbonyl (C=O) groups is 1. The van der Waals surface area contributed by atoms with Crippen molar-refractivity contribution >= 4 is 5.91 Å². The van der Waals surface area contributed by atoms with Crippen LogP contribution in [0.25, 0.3) is 0 Å². The number of ether oxygens (including phenoxy) is 1. The highest BCUT2D eigenvalue weighted by molar-refractivity contribution is 5.95. The number of phenolic OH excluding ortho intramolecular Hbond substituents is 1. The van der Waals surface area contributed by atoms with Gasteiger partial charge >= 0.3 is 0 Å². The molecule has 0 aromatic heterocycles. The van der Waals surface area contributed by atoms with Gasteiger partial charge in [-0.1, -0.05) is 12.2 Å². The lowest BCUT2D eigenvalue weighted by molar-refractivity contribution is 0.0790. The lowest BCUT2D eigenvalue weighted by atomic mass is 10.1. The summed E-state index contributed by atoms with van der Waals surface area (Å²) in [6.45, 7) is 8.10. The van der Waals surface area contributed by atoms with Gasteiger partial charge in [0.2, 0.25) is 0 Å². The van der Waals surface area contributed by atoms with Crippen LogP contribution in [-0.4, -0.2) is 36.1 Å². The Morgan fingerprint density at radius 2 is 2.00 bits per heavy atom. The second-order valence-corrected chi connectivity index (χ2v) is 3.67. The molecule has 0 aliphatic rings. The van der Waals surface area contributed by atoms with Crippen molar-refractivity contribution in [1.82, 2.24) is 4.90 Å². The first-order chi connectivity index (χ1) is 8.63. The van der Waals surface area contributed by atoms with Crippen molar-refractivity contribution in [2.45, 2.75) is 0 Å². The number of hydrogen-bond donors (Lipinski definition) is 1. The fraction of sp³-hybridized carbons (Fsp3) is 0.214. The number of carbonyl (C=O) groups excluding carboxylic acids is 1. The third-order valence-electron chi connectivity index (χ3n) is 2.41. The van der Waals surface area contributed by atoms with Gasteiger partial charge in [0.05, 0.1) is 7.11 Å². The topological polar surface area (TPSA) is 49.8 Å². The van der Waals surface area contributed by atoms with Gasteiger partial charge in [-0.05, 0) is 18.2 Å². The summed E-state index contributed by atoms with van der Waals surface area (Å²) >= 11 is 0. The molecule has 0 unspecified atom stereocenters. The van der Waals surface area contributed by atoms with Gasteiger partial charge in [0.1, 0.15) is 0 Å². The molecule has 0 aliphatic carbocycles. The van der Waals surface area contributed by atoms with E-state index < -0.39 is 0 Å². The van der Waals surface area contributed by atoms with Crippen LogP contribution in [0.1, 0.15) is 10.4 Å². The highest BCUT2D eigenvalue weighted by atomic mass is 16.5. The Bertz CT molecular complexity index is 444. The first kappa shape index (κ1) is 13.8. The number of hydrogen-bond acceptors (Lipinski definition) is 3. The molecule has 18 heavy (non-hydrogen) atoms. The Balaban J connectivity index is 3.00. The molecule has 1 amide bonds. The normalized spacial score (nSPS) is 9.61. The van der Waals surface area contributed by atoms with E-state index in [1.807, 2.05) is 0 Å². The van der Waals surface area contributed by atoms with Crippen molar-refractivity contribution in [2.24, 2.45) is 0 Å². The Hall–Kier alpha value is -2.23. The summed E-state index contributed by atoms with van der Waals surface area (Å²) in [6, 6.07) is 4.50. The van der Waals surface area contributed by atoms with Crippen LogP contribution in [0.2, 0.25) is 0 Å². The molecule has 0 saturated heterocycles. The summed E-state index contributed by atoms with van der Waals surface area (Å²) in [5.41, 5.74) is 0.452. The molecule has 4 nitrogen and oxygen atoms in total. The monoisotopic (exact) mass is 247 g/mol. The number of nitrogens with zero attached hydrogens (tertiary/aromatic N) is 1. The van der Waals surface area contributed by atoms with Gasteiger partial charge in [0.25, 0.3) is 5.91 Å². The van der Waals surface area contributed by atoms with E-state index in [1.54, 1.807) is 23.1 Å². The zero-order valence-corrected chi connectivity index (χ0v) is 10.4. The molecular weight excluding hydrogens is 230 g/mol. The van der Waals surface area contributed by atoms with Crippen molar-refractivity contribution in [3.05, 3.63) is 49.1 Å². The van der Waals surface area contributed by atoms with Crippen LogP contribution < -0.4 is 4.74 Å². The van der Waals surface area contributed by atoms with Crippen LogP contribution in [0.15, 0.2) is 43.5 Å². The number of methoxy groups -OCH3 is 1. The van der Waals surface area contributed by atoms with Crippen molar-refractivity contribution in [1.29, 1.82) is 0 Å². The van der Waals surface area contributed by atoms with Gasteiger partial charge in [-0.2, -0.15) is 0 Å². The average Bonchev–Trinajstić information content (AvgIpc) is 2.38. The van der Waals surface area contributed by atoms with Gasteiger partial charge in [-0.25, -0.2) is 0 Å². The molecule has 1 aromatic carbocycles. The highest BCUT2D eigenvalue weighted by Crippen LogP contribution is 2.26. The Morgan fingerprint density at radius 1 is 1.39 bits per heavy atom. The summed E-state index contributed by atoms with van der Waals surface area (Å²) in [5, 5.41) is 9.48. The van der Waals surface area contributed by atoms with E-state index >= 15 is 0 Å². The fourth-order valence-corrected chi connectivity index (χ4v) is 1.55. The molecule has 0 aliphatic heterocycles. The third-order valence-corrected chi connectivity index (χ3v) is 2.41. The van der Waals surface area contributed by atoms with Crippen LogP contribution in [0.3, 0.4) is 0 Å². The molecular formula is C14H17NO3. The van der Waals surface area contributed by atoms with E-state index in [1.165, 1.54) is 19.2 Å². The Morgan fingerprint density at radius 3 is 2.50 bits per heavy atom. The smallest absolute Gasteiger partial charge is 0.254 e. The summed E-state index contributed by atoms with van der Waals surface area (Å²) in [4.78, 5) is 13.8. The predicted octanol–water partition coefficient (Wildman–Crippen LogP) is 2.21. The molecule has 1 rings (SSSR count). The van der Waals surface area contributed by atoms with Crippen LogP contribution in [0.5, 0.6) is 11.5 Å². The standard InChI is InChI=1S/C14H17NO3/c1-4-8-15(9-5-2)14(17)11-6-7-12(16)13(10-11)18-3/h4-7,10,16H,1-2,8-9H2,3H3. The molecule has 1 N–H and O–H groups in total. The predicted molar refractivity (Wildman–Crippen MR) is 71.0 cm³/mol. The zero-order chi connectivity index (χ0) is 13.5. The minimum absolute atomic E-state index is 0.00745. The lowest BCUT2D eigenvalue weighted by Gasteiger charge is -2.19. The van der Waals surface area contributed by atoms with Crippen LogP contribution in [-0.2, 0) is 0 Å². The fourth-order valence-electron chi connectivity index (χ4n) is 1.55. The van der Waals surface area contributed by atoms with E-state index in [0.29, 0.717) is 18.7 Å². The second kappa shape index (κ2) is 6.49. The average molecular weight is 247 g/mol. The van der Waals surface area contributed by atoms with E-state index in [0.717, 1.165) is 0 Å². The maximum Gasteiger partial charge on any atom is 0.254 e. The SMILES string of the molecule is C=CCN(CC=C)C(=O)c1ccc(O)c(OC)c1. The van der Waals surface area contributed by atoms with Crippen LogP contribution in [0, 0.1) is 0 Å². The van der Waals surface area contributed by atoms with Gasteiger partial charge in [0.15, 0.2) is 11.5 Å². The number of amides is 1. The van der Waals surface area contributed by atoms with E-state index in [-0.39, 0.29) is 17.4 Å². The van der Waals surface area contributed by atoms with Gasteiger partial charge in [-0.15, -0.1) is 13.2 Å². The Kier molecular flexibility index (Phi) is 4.99. The molecule has 4 heteroatoms. The summed E-state index contributed by atoms with van der Waals surface area (Å²) < 4.78 is 4.97. The van der Waals surface area contributed by atoms with Gasteiger partial charge in [-0.3, -0.25) is 4.79 Å². The third kappa shape index (κ3) is 3.13. The van der Waals surface area contributed by atoms with Crippen molar-refractivity contribution in [3.63, 3.8) is 0 Å². The largest absolute Gasteiger partial charge is 0.504 e. The Labute approximate surface area is 107 Å². The van der Waals surface area contributed by atoms with Crippen molar-refractivity contribution < 1.29 is 14.6 Å². The van der Waals surface area contributed by atoms with Gasteiger partial charge < -0.3 is 14.7 Å². The van der Waals surface area contributed by atoms with Crippen LogP contribution >= 0.6 is 0 Å². The summed E-state index contributed by atoms with van der Waals surface area (Å²) in [5.74, 6) is 0.124. The number of phenols is 1. The van der Waals surface area contributed by atoms with Crippen molar-refractivity contribution in [3.8, 4) is 11.5 Å². The summed E-state index contributed by atoms with van der Waals surface area (Å²) in [6.07, 6.45) is 3.30. The first-order valence-corrected chi connectivity index (χ1v) is 5.52. The van der Waals surface area contributed by atoms with Crippen LogP contribution in [0.4, 0.5) is 0 Å². The minimum Gasteiger partial charge on any atom is -0.504 e. The quantitative estimate of drug-likeness (QED) is 0.784. The molecule has 0 fully saturated rings. The van der Waals surface area contributed by atoms with E-state index in [4.69, 9.17) is 4.74 Å². The van der Waals surface area contributed by atoms with E-state index in [9.17, 15) is 9.90 Å². The molecule has 0 spiro atoms. The molecule has 0 bridgehead atoms. The van der Waals surface area contributed by atoms with Gasteiger partial charge in [0, 0.05) is 18.7 Å². The molecule has 0 atom stereocenters. The lowest BCUT2D eigenvalue weighted by Crippen LogP contribution is -2.31.